The zero-order chi connectivity index (χ0) is 16.3. The van der Waals surface area contributed by atoms with Crippen molar-refractivity contribution in [2.24, 2.45) is 0 Å². The van der Waals surface area contributed by atoms with Gasteiger partial charge in [0, 0.05) is 0 Å². The van der Waals surface area contributed by atoms with Crippen LogP contribution in [0.3, 0.4) is 0 Å². The number of rotatable bonds is 4. The molecule has 0 aromatic heterocycles. The van der Waals surface area contributed by atoms with Crippen LogP contribution in [0.5, 0.6) is 0 Å². The molecule has 3 rings (SSSR count). The summed E-state index contributed by atoms with van der Waals surface area (Å²) in [5, 5.41) is 4.20. The topological polar surface area (TPSA) is 0 Å². The number of hydrogen-bond acceptors (Lipinski definition) is 1. The third-order valence-electron chi connectivity index (χ3n) is 3.97. The van der Waals surface area contributed by atoms with E-state index in [-0.39, 0.29) is 21.8 Å². The van der Waals surface area contributed by atoms with Gasteiger partial charge in [-0.2, -0.15) is 0 Å². The van der Waals surface area contributed by atoms with E-state index in [1.165, 1.54) is 21.5 Å². The fourth-order valence-electron chi connectivity index (χ4n) is 2.91. The van der Waals surface area contributed by atoms with Crippen molar-refractivity contribution in [1.29, 1.82) is 0 Å². The summed E-state index contributed by atoms with van der Waals surface area (Å²) in [6.07, 6.45) is 0. The average molecular weight is 400 g/mol. The Balaban J connectivity index is 0.00000208. The van der Waals surface area contributed by atoms with Gasteiger partial charge in [0.2, 0.25) is 0 Å². The molecule has 0 heterocycles. The maximum absolute atomic E-state index is 5.77. The monoisotopic (exact) mass is 399 g/mol. The van der Waals surface area contributed by atoms with E-state index < -0.39 is 7.92 Å². The Labute approximate surface area is 162 Å². The third-order valence-corrected chi connectivity index (χ3v) is 6.99. The third kappa shape index (κ3) is 4.32. The first kappa shape index (κ1) is 19.3. The van der Waals surface area contributed by atoms with E-state index in [4.69, 9.17) is 12.6 Å². The second kappa shape index (κ2) is 8.36. The van der Waals surface area contributed by atoms with Crippen molar-refractivity contribution in [2.75, 3.05) is 0 Å². The minimum absolute atomic E-state index is 0. The van der Waals surface area contributed by atoms with Crippen LogP contribution in [-0.2, 0) is 34.4 Å². The normalized spacial score (nSPS) is 11.2. The van der Waals surface area contributed by atoms with Crippen molar-refractivity contribution in [3.05, 3.63) is 90.5 Å². The summed E-state index contributed by atoms with van der Waals surface area (Å²) < 4.78 is -0.268. The fourth-order valence-corrected chi connectivity index (χ4v) is 6.12. The van der Waals surface area contributed by atoms with Crippen LogP contribution in [0.15, 0.2) is 84.9 Å². The molecule has 0 aliphatic rings. The van der Waals surface area contributed by atoms with Crippen molar-refractivity contribution in [3.63, 3.8) is 0 Å². The zero-order valence-corrected chi connectivity index (χ0v) is 16.6. The van der Waals surface area contributed by atoms with Crippen LogP contribution in [0.4, 0.5) is 0 Å². The predicted octanol–water partition coefficient (Wildman–Crippen LogP) is 3.96. The first-order valence-corrected chi connectivity index (χ1v) is 9.76. The molecule has 3 aromatic rings. The molecular weight excluding hydrogens is 379 g/mol. The average Bonchev–Trinajstić information content (AvgIpc) is 2.57. The van der Waals surface area contributed by atoms with Gasteiger partial charge in [-0.3, -0.25) is 0 Å². The molecule has 126 valence electrons. The molecule has 0 saturated heterocycles. The van der Waals surface area contributed by atoms with E-state index in [1.54, 1.807) is 0 Å². The molecule has 3 heteroatoms. The smallest absolute Gasteiger partial charge is 0.782 e. The van der Waals surface area contributed by atoms with Crippen LogP contribution >= 0.6 is 7.92 Å². The Bertz CT molecular complexity index is 727. The van der Waals surface area contributed by atoms with Gasteiger partial charge in [0.25, 0.3) is 0 Å². The van der Waals surface area contributed by atoms with Crippen LogP contribution in [0.1, 0.15) is 19.4 Å². The van der Waals surface area contributed by atoms with Gasteiger partial charge in [-0.05, 0) is 35.9 Å². The molecule has 0 bridgehead atoms. The van der Waals surface area contributed by atoms with Crippen LogP contribution in [-0.4, -0.2) is 0 Å². The Kier molecular flexibility index (Phi) is 6.72. The summed E-state index contributed by atoms with van der Waals surface area (Å²) in [7, 11) is -1.06. The van der Waals surface area contributed by atoms with Crippen molar-refractivity contribution >= 4 is 36.5 Å². The number of hydrogen-bond donors (Lipinski definition) is 0. The fraction of sp³-hybridized carbons (Fsp3) is 0.143. The minimum Gasteiger partial charge on any atom is -0.782 e. The van der Waals surface area contributed by atoms with E-state index in [9.17, 15) is 0 Å². The van der Waals surface area contributed by atoms with E-state index >= 15 is 0 Å². The van der Waals surface area contributed by atoms with Crippen molar-refractivity contribution < 1.29 is 17.1 Å². The molecule has 0 atom stereocenters. The summed E-state index contributed by atoms with van der Waals surface area (Å²) in [6.45, 7) is 4.24. The first-order chi connectivity index (χ1) is 11.1. The van der Waals surface area contributed by atoms with Gasteiger partial charge < -0.3 is 12.6 Å². The molecule has 3 aromatic carbocycles. The molecule has 0 radical (unpaired) electrons. The van der Waals surface area contributed by atoms with E-state index in [0.717, 1.165) is 0 Å². The van der Waals surface area contributed by atoms with Crippen molar-refractivity contribution in [2.45, 2.75) is 18.6 Å². The molecular formula is C21H21CuPS+. The summed E-state index contributed by atoms with van der Waals surface area (Å²) >= 11 is 5.77. The number of benzene rings is 3. The summed E-state index contributed by atoms with van der Waals surface area (Å²) in [5.74, 6) is 0. The second-order valence-corrected chi connectivity index (χ2v) is 9.63. The molecule has 0 N–H and O–H groups in total. The van der Waals surface area contributed by atoms with Crippen molar-refractivity contribution in [3.8, 4) is 0 Å². The second-order valence-electron chi connectivity index (χ2n) is 6.16. The van der Waals surface area contributed by atoms with Gasteiger partial charge >= 0.3 is 17.1 Å². The van der Waals surface area contributed by atoms with Crippen LogP contribution in [0.25, 0.3) is 0 Å². The summed E-state index contributed by atoms with van der Waals surface area (Å²) in [4.78, 5) is 0. The molecule has 0 aliphatic carbocycles. The van der Waals surface area contributed by atoms with E-state index in [1.807, 2.05) is 0 Å². The van der Waals surface area contributed by atoms with Crippen LogP contribution in [0.2, 0.25) is 0 Å². The SMILES string of the molecule is CC(C)([S-])c1ccccc1[PH+](c1ccccc1)c1ccccc1.[Cu+]. The van der Waals surface area contributed by atoms with Crippen LogP contribution < -0.4 is 15.9 Å². The van der Waals surface area contributed by atoms with Crippen LogP contribution in [0, 0.1) is 0 Å². The molecule has 0 unspecified atom stereocenters. The van der Waals surface area contributed by atoms with Gasteiger partial charge in [0.1, 0.15) is 15.9 Å². The maximum atomic E-state index is 5.77. The molecule has 0 amide bonds. The van der Waals surface area contributed by atoms with Gasteiger partial charge in [0.05, 0.1) is 7.92 Å². The Morgan fingerprint density at radius 2 is 1.08 bits per heavy atom. The van der Waals surface area contributed by atoms with Gasteiger partial charge in [-0.25, -0.2) is 0 Å². The molecule has 0 spiro atoms. The first-order valence-electron chi connectivity index (χ1n) is 7.85. The molecule has 0 nitrogen and oxygen atoms in total. The molecule has 0 aliphatic heterocycles. The molecule has 0 saturated carbocycles. The quantitative estimate of drug-likeness (QED) is 0.363. The van der Waals surface area contributed by atoms with Gasteiger partial charge in [-0.1, -0.05) is 68.4 Å². The Morgan fingerprint density at radius 3 is 1.54 bits per heavy atom. The molecule has 24 heavy (non-hydrogen) atoms. The Morgan fingerprint density at radius 1 is 0.667 bits per heavy atom. The van der Waals surface area contributed by atoms with Gasteiger partial charge in [-0.15, -0.1) is 4.75 Å². The summed E-state index contributed by atoms with van der Waals surface area (Å²) in [5.41, 5.74) is 1.27. The zero-order valence-electron chi connectivity index (χ0n) is 13.8. The van der Waals surface area contributed by atoms with E-state index in [2.05, 4.69) is 98.8 Å². The van der Waals surface area contributed by atoms with Crippen molar-refractivity contribution in [1.82, 2.24) is 0 Å². The van der Waals surface area contributed by atoms with E-state index in [0.29, 0.717) is 0 Å². The largest absolute Gasteiger partial charge is 1.00 e. The Hall–Kier alpha value is -1.04. The molecule has 0 fully saturated rings. The maximum Gasteiger partial charge on any atom is 1.00 e. The standard InChI is InChI=1S/C21H21PS.Cu/c1-21(2,23)19-15-9-10-16-20(19)22(17-11-5-3-6-12-17)18-13-7-4-8-14-18;/h3-16,23H,1-2H3;/q;+1. The van der Waals surface area contributed by atoms with Gasteiger partial charge in [0.15, 0.2) is 0 Å². The summed E-state index contributed by atoms with van der Waals surface area (Å²) in [6, 6.07) is 30.3. The predicted molar refractivity (Wildman–Crippen MR) is 107 cm³/mol. The minimum atomic E-state index is -1.06.